The quantitative estimate of drug-likeness (QED) is 0.754. The molecule has 0 saturated carbocycles. The Kier molecular flexibility index (Phi) is 4.03. The molecule has 0 unspecified atom stereocenters. The van der Waals surface area contributed by atoms with E-state index in [-0.39, 0.29) is 32.0 Å². The lowest BCUT2D eigenvalue weighted by Crippen LogP contribution is -2.43. The average molecular weight is 357 g/mol. The number of nitrogens with zero attached hydrogens (tertiary/aromatic N) is 6. The van der Waals surface area contributed by atoms with Crippen molar-refractivity contribution in [1.29, 1.82) is 0 Å². The van der Waals surface area contributed by atoms with Gasteiger partial charge in [-0.25, -0.2) is 4.39 Å². The van der Waals surface area contributed by atoms with Crippen molar-refractivity contribution in [3.63, 3.8) is 0 Å². The Bertz CT molecular complexity index is 968. The standard InChI is InChI=1S/C16H16FN7O2/c1-10-8-11(9-18-21-10)12-2-3-13-19-15(23-24(13)22-12)20-14(25)16(17)4-6-26-7-5-16/h2-3,8-9H,4-7H2,1H3,(H,20,23,25). The number of hydrogen-bond acceptors (Lipinski definition) is 7. The van der Waals surface area contributed by atoms with Crippen LogP contribution in [0.4, 0.5) is 10.3 Å². The van der Waals surface area contributed by atoms with Crippen molar-refractivity contribution >= 4 is 17.5 Å². The average Bonchev–Trinajstić information content (AvgIpc) is 3.03. The minimum atomic E-state index is -1.96. The van der Waals surface area contributed by atoms with Crippen LogP contribution in [0.2, 0.25) is 0 Å². The summed E-state index contributed by atoms with van der Waals surface area (Å²) >= 11 is 0. The summed E-state index contributed by atoms with van der Waals surface area (Å²) in [5, 5.41) is 18.7. The normalized spacial score (nSPS) is 16.5. The second-order valence-electron chi connectivity index (χ2n) is 6.12. The van der Waals surface area contributed by atoms with Crippen molar-refractivity contribution in [3.8, 4) is 11.3 Å². The van der Waals surface area contributed by atoms with Gasteiger partial charge in [0.15, 0.2) is 11.3 Å². The number of carbonyl (C=O) groups is 1. The molecule has 1 fully saturated rings. The summed E-state index contributed by atoms with van der Waals surface area (Å²) in [6.07, 6.45) is 1.63. The number of hydrogen-bond donors (Lipinski definition) is 1. The fourth-order valence-corrected chi connectivity index (χ4v) is 2.74. The molecule has 26 heavy (non-hydrogen) atoms. The molecule has 1 saturated heterocycles. The van der Waals surface area contributed by atoms with E-state index in [4.69, 9.17) is 4.74 Å². The highest BCUT2D eigenvalue weighted by Crippen LogP contribution is 2.26. The largest absolute Gasteiger partial charge is 0.381 e. The number of fused-ring (bicyclic) bond motifs is 1. The van der Waals surface area contributed by atoms with E-state index in [1.807, 2.05) is 13.0 Å². The molecule has 0 aromatic carbocycles. The fraction of sp³-hybridized carbons (Fsp3) is 0.375. The molecule has 9 nitrogen and oxygen atoms in total. The summed E-state index contributed by atoms with van der Waals surface area (Å²) in [5.41, 5.74) is 0.646. The predicted molar refractivity (Wildman–Crippen MR) is 89.1 cm³/mol. The van der Waals surface area contributed by atoms with Crippen LogP contribution in [0.1, 0.15) is 18.5 Å². The number of halogens is 1. The van der Waals surface area contributed by atoms with E-state index in [1.54, 1.807) is 18.3 Å². The van der Waals surface area contributed by atoms with Crippen molar-refractivity contribution in [2.75, 3.05) is 18.5 Å². The van der Waals surface area contributed by atoms with Gasteiger partial charge < -0.3 is 4.74 Å². The second kappa shape index (κ2) is 6.37. The molecule has 4 rings (SSSR count). The van der Waals surface area contributed by atoms with Gasteiger partial charge in [-0.3, -0.25) is 10.1 Å². The molecule has 3 aromatic heterocycles. The van der Waals surface area contributed by atoms with Gasteiger partial charge in [-0.2, -0.15) is 15.2 Å². The third-order valence-electron chi connectivity index (χ3n) is 4.20. The maximum atomic E-state index is 14.6. The first-order valence-corrected chi connectivity index (χ1v) is 8.15. The van der Waals surface area contributed by atoms with Gasteiger partial charge in [0.2, 0.25) is 0 Å². The first-order valence-electron chi connectivity index (χ1n) is 8.15. The highest BCUT2D eigenvalue weighted by atomic mass is 19.1. The molecule has 0 radical (unpaired) electrons. The number of ether oxygens (including phenoxy) is 1. The number of aryl methyl sites for hydroxylation is 1. The highest BCUT2D eigenvalue weighted by Gasteiger charge is 2.40. The minimum absolute atomic E-state index is 0.00667. The second-order valence-corrected chi connectivity index (χ2v) is 6.12. The minimum Gasteiger partial charge on any atom is -0.381 e. The maximum Gasteiger partial charge on any atom is 0.264 e. The highest BCUT2D eigenvalue weighted by molar-refractivity contribution is 5.96. The summed E-state index contributed by atoms with van der Waals surface area (Å²) in [4.78, 5) is 16.4. The van der Waals surface area contributed by atoms with Crippen LogP contribution in [0.5, 0.6) is 0 Å². The fourth-order valence-electron chi connectivity index (χ4n) is 2.74. The smallest absolute Gasteiger partial charge is 0.264 e. The molecule has 0 spiro atoms. The topological polar surface area (TPSA) is 107 Å². The van der Waals surface area contributed by atoms with E-state index in [0.29, 0.717) is 11.3 Å². The van der Waals surface area contributed by atoms with Crippen LogP contribution in [0.3, 0.4) is 0 Å². The lowest BCUT2D eigenvalue weighted by molar-refractivity contribution is -0.133. The molecule has 3 aromatic rings. The van der Waals surface area contributed by atoms with Gasteiger partial charge in [-0.15, -0.1) is 14.8 Å². The van der Waals surface area contributed by atoms with Gasteiger partial charge in [0.25, 0.3) is 11.9 Å². The Balaban J connectivity index is 1.59. The van der Waals surface area contributed by atoms with Crippen molar-refractivity contribution in [1.82, 2.24) is 30.0 Å². The monoisotopic (exact) mass is 357 g/mol. The van der Waals surface area contributed by atoms with E-state index in [9.17, 15) is 9.18 Å². The SMILES string of the molecule is Cc1cc(-c2ccc3nc(NC(=O)C4(F)CCOCC4)nn3n2)cnn1. The van der Waals surface area contributed by atoms with Gasteiger partial charge in [-0.05, 0) is 25.1 Å². The van der Waals surface area contributed by atoms with Crippen LogP contribution in [-0.2, 0) is 9.53 Å². The summed E-state index contributed by atoms with van der Waals surface area (Å²) in [6, 6.07) is 5.32. The maximum absolute atomic E-state index is 14.6. The van der Waals surface area contributed by atoms with E-state index >= 15 is 0 Å². The molecule has 0 aliphatic carbocycles. The Morgan fingerprint density at radius 2 is 2.12 bits per heavy atom. The molecule has 1 aliphatic heterocycles. The molecule has 0 bridgehead atoms. The summed E-state index contributed by atoms with van der Waals surface area (Å²) in [7, 11) is 0. The van der Waals surface area contributed by atoms with E-state index in [1.165, 1.54) is 4.63 Å². The molecular formula is C16H16FN7O2. The zero-order chi connectivity index (χ0) is 18.1. The molecule has 1 aliphatic rings. The lowest BCUT2D eigenvalue weighted by atomic mass is 9.96. The van der Waals surface area contributed by atoms with Crippen molar-refractivity contribution < 1.29 is 13.9 Å². The number of rotatable bonds is 3. The zero-order valence-corrected chi connectivity index (χ0v) is 14.0. The molecular weight excluding hydrogens is 341 g/mol. The zero-order valence-electron chi connectivity index (χ0n) is 14.0. The number of nitrogens with one attached hydrogen (secondary N) is 1. The Morgan fingerprint density at radius 1 is 1.31 bits per heavy atom. The number of aromatic nitrogens is 6. The van der Waals surface area contributed by atoms with Gasteiger partial charge in [-0.1, -0.05) is 0 Å². The van der Waals surface area contributed by atoms with Crippen LogP contribution in [0.25, 0.3) is 16.9 Å². The summed E-state index contributed by atoms with van der Waals surface area (Å²) in [5.74, 6) is -0.752. The predicted octanol–water partition coefficient (Wildman–Crippen LogP) is 1.35. The number of amides is 1. The lowest BCUT2D eigenvalue weighted by Gasteiger charge is -2.27. The Labute approximate surface area is 147 Å². The molecule has 1 N–H and O–H groups in total. The van der Waals surface area contributed by atoms with Crippen molar-refractivity contribution in [3.05, 3.63) is 30.1 Å². The molecule has 4 heterocycles. The van der Waals surface area contributed by atoms with Crippen molar-refractivity contribution in [2.24, 2.45) is 0 Å². The van der Waals surface area contributed by atoms with Crippen LogP contribution in [0.15, 0.2) is 24.4 Å². The summed E-state index contributed by atoms with van der Waals surface area (Å²) < 4.78 is 21.0. The van der Waals surface area contributed by atoms with E-state index < -0.39 is 11.6 Å². The van der Waals surface area contributed by atoms with Crippen LogP contribution >= 0.6 is 0 Å². The van der Waals surface area contributed by atoms with Crippen LogP contribution in [-0.4, -0.2) is 54.8 Å². The first-order chi connectivity index (χ1) is 12.5. The third-order valence-corrected chi connectivity index (χ3v) is 4.20. The van der Waals surface area contributed by atoms with Crippen molar-refractivity contribution in [2.45, 2.75) is 25.4 Å². The van der Waals surface area contributed by atoms with Gasteiger partial charge >= 0.3 is 0 Å². The van der Waals surface area contributed by atoms with Gasteiger partial charge in [0.1, 0.15) is 0 Å². The summed E-state index contributed by atoms with van der Waals surface area (Å²) in [6.45, 7) is 2.26. The molecule has 0 atom stereocenters. The Hall–Kier alpha value is -3.01. The van der Waals surface area contributed by atoms with E-state index in [0.717, 1.165) is 11.3 Å². The number of carbonyl (C=O) groups excluding carboxylic acids is 1. The van der Waals surface area contributed by atoms with Crippen LogP contribution in [0, 0.1) is 6.92 Å². The first kappa shape index (κ1) is 16.5. The Morgan fingerprint density at radius 3 is 2.88 bits per heavy atom. The molecule has 10 heteroatoms. The molecule has 134 valence electrons. The molecule has 1 amide bonds. The number of anilines is 1. The van der Waals surface area contributed by atoms with Crippen LogP contribution < -0.4 is 5.32 Å². The third kappa shape index (κ3) is 3.10. The number of alkyl halides is 1. The van der Waals surface area contributed by atoms with E-state index in [2.05, 4.69) is 30.7 Å². The van der Waals surface area contributed by atoms with Gasteiger partial charge in [0.05, 0.1) is 30.8 Å². The van der Waals surface area contributed by atoms with Gasteiger partial charge in [0, 0.05) is 18.4 Å².